The summed E-state index contributed by atoms with van der Waals surface area (Å²) in [5.74, 6) is 0. The smallest absolute Gasteiger partial charge is 0.119 e. The van der Waals surface area contributed by atoms with Gasteiger partial charge in [0.1, 0.15) is 5.03 Å². The fourth-order valence-electron chi connectivity index (χ4n) is 1.68. The van der Waals surface area contributed by atoms with Crippen molar-refractivity contribution in [1.29, 1.82) is 0 Å². The Morgan fingerprint density at radius 1 is 1.29 bits per heavy atom. The third-order valence-electron chi connectivity index (χ3n) is 2.77. The van der Waals surface area contributed by atoms with Gasteiger partial charge in [0.2, 0.25) is 0 Å². The molecule has 0 radical (unpaired) electrons. The zero-order chi connectivity index (χ0) is 15.5. The van der Waals surface area contributed by atoms with E-state index in [1.807, 2.05) is 12.1 Å². The Morgan fingerprint density at radius 3 is 2.71 bits per heavy atom. The molecule has 5 heteroatoms. The lowest BCUT2D eigenvalue weighted by atomic mass is 10.1. The first-order valence-corrected chi connectivity index (χ1v) is 8.66. The monoisotopic (exact) mass is 384 g/mol. The van der Waals surface area contributed by atoms with Crippen LogP contribution in [0.3, 0.4) is 0 Å². The standard InChI is InChI=1S/C16H18BrClN2S/c1-16(2,3)20-10-11-6-7-12(17)9-14(11)21-15-13(18)5-4-8-19-15/h4-9,20H,10H2,1-3H3. The molecule has 0 atom stereocenters. The van der Waals surface area contributed by atoms with Crippen molar-refractivity contribution in [2.75, 3.05) is 0 Å². The van der Waals surface area contributed by atoms with Gasteiger partial charge in [-0.15, -0.1) is 0 Å². The second kappa shape index (κ2) is 7.14. The molecule has 112 valence electrons. The summed E-state index contributed by atoms with van der Waals surface area (Å²) in [5, 5.41) is 5.02. The minimum Gasteiger partial charge on any atom is -0.308 e. The number of benzene rings is 1. The van der Waals surface area contributed by atoms with Gasteiger partial charge in [-0.3, -0.25) is 0 Å². The van der Waals surface area contributed by atoms with Gasteiger partial charge in [0.25, 0.3) is 0 Å². The normalized spacial score (nSPS) is 11.7. The van der Waals surface area contributed by atoms with Crippen LogP contribution in [0.2, 0.25) is 5.02 Å². The van der Waals surface area contributed by atoms with Gasteiger partial charge in [-0.25, -0.2) is 4.98 Å². The van der Waals surface area contributed by atoms with Crippen molar-refractivity contribution in [3.05, 3.63) is 51.6 Å². The Balaban J connectivity index is 2.25. The van der Waals surface area contributed by atoms with Gasteiger partial charge in [-0.1, -0.05) is 45.4 Å². The Bertz CT molecular complexity index is 626. The van der Waals surface area contributed by atoms with Crippen molar-refractivity contribution in [2.45, 2.75) is 42.8 Å². The van der Waals surface area contributed by atoms with Crippen LogP contribution in [0.1, 0.15) is 26.3 Å². The second-order valence-electron chi connectivity index (χ2n) is 5.75. The van der Waals surface area contributed by atoms with Crippen molar-refractivity contribution < 1.29 is 0 Å². The van der Waals surface area contributed by atoms with Crippen LogP contribution in [0.25, 0.3) is 0 Å². The minimum absolute atomic E-state index is 0.0810. The fraction of sp³-hybridized carbons (Fsp3) is 0.312. The molecule has 2 nitrogen and oxygen atoms in total. The zero-order valence-corrected chi connectivity index (χ0v) is 15.4. The summed E-state index contributed by atoms with van der Waals surface area (Å²) < 4.78 is 1.05. The molecule has 2 rings (SSSR count). The van der Waals surface area contributed by atoms with Crippen molar-refractivity contribution in [1.82, 2.24) is 10.3 Å². The first kappa shape index (κ1) is 16.8. The number of pyridine rings is 1. The van der Waals surface area contributed by atoms with E-state index in [1.165, 1.54) is 5.56 Å². The maximum atomic E-state index is 6.21. The molecule has 0 amide bonds. The molecule has 2 aromatic rings. The number of nitrogens with zero attached hydrogens (tertiary/aromatic N) is 1. The predicted octanol–water partition coefficient (Wildman–Crippen LogP) is 5.54. The number of nitrogens with one attached hydrogen (secondary N) is 1. The number of hydrogen-bond acceptors (Lipinski definition) is 3. The highest BCUT2D eigenvalue weighted by atomic mass is 79.9. The first-order chi connectivity index (χ1) is 9.85. The molecule has 1 aromatic heterocycles. The average molecular weight is 386 g/mol. The molecule has 0 unspecified atom stereocenters. The van der Waals surface area contributed by atoms with Crippen molar-refractivity contribution in [3.63, 3.8) is 0 Å². The lowest BCUT2D eigenvalue weighted by Crippen LogP contribution is -2.35. The molecule has 1 N–H and O–H groups in total. The van der Waals surface area contributed by atoms with E-state index in [4.69, 9.17) is 11.6 Å². The van der Waals surface area contributed by atoms with Crippen LogP contribution in [-0.4, -0.2) is 10.5 Å². The predicted molar refractivity (Wildman–Crippen MR) is 94.1 cm³/mol. The lowest BCUT2D eigenvalue weighted by Gasteiger charge is -2.21. The van der Waals surface area contributed by atoms with Gasteiger partial charge in [0, 0.05) is 27.6 Å². The average Bonchev–Trinajstić information content (AvgIpc) is 2.39. The van der Waals surface area contributed by atoms with Crippen molar-refractivity contribution >= 4 is 39.3 Å². The van der Waals surface area contributed by atoms with Crippen LogP contribution >= 0.6 is 39.3 Å². The maximum Gasteiger partial charge on any atom is 0.119 e. The van der Waals surface area contributed by atoms with Gasteiger partial charge < -0.3 is 5.32 Å². The quantitative estimate of drug-likeness (QED) is 0.748. The SMILES string of the molecule is CC(C)(C)NCc1ccc(Br)cc1Sc1ncccc1Cl. The summed E-state index contributed by atoms with van der Waals surface area (Å²) in [7, 11) is 0. The van der Waals surface area contributed by atoms with Gasteiger partial charge in [0.05, 0.1) is 5.02 Å². The van der Waals surface area contributed by atoms with E-state index in [9.17, 15) is 0 Å². The molecule has 0 aliphatic heterocycles. The summed E-state index contributed by atoms with van der Waals surface area (Å²) in [5.41, 5.74) is 1.32. The van der Waals surface area contributed by atoms with Gasteiger partial charge >= 0.3 is 0 Å². The molecule has 0 spiro atoms. The first-order valence-electron chi connectivity index (χ1n) is 6.67. The molecule has 0 saturated heterocycles. The molecule has 1 heterocycles. The summed E-state index contributed by atoms with van der Waals surface area (Å²) in [4.78, 5) is 5.50. The summed E-state index contributed by atoms with van der Waals surface area (Å²) in [6, 6.07) is 10.00. The molecule has 0 bridgehead atoms. The van der Waals surface area contributed by atoms with Crippen LogP contribution < -0.4 is 5.32 Å². The third-order valence-corrected chi connectivity index (χ3v) is 4.80. The largest absolute Gasteiger partial charge is 0.308 e. The van der Waals surface area contributed by atoms with Crippen molar-refractivity contribution in [2.24, 2.45) is 0 Å². The van der Waals surface area contributed by atoms with E-state index in [0.717, 1.165) is 20.9 Å². The number of halogens is 2. The fourth-order valence-corrected chi connectivity index (χ4v) is 3.37. The van der Waals surface area contributed by atoms with Gasteiger partial charge in [-0.2, -0.15) is 0 Å². The maximum absolute atomic E-state index is 6.21. The molecule has 21 heavy (non-hydrogen) atoms. The van der Waals surface area contributed by atoms with Crippen LogP contribution in [-0.2, 0) is 6.54 Å². The zero-order valence-electron chi connectivity index (χ0n) is 12.3. The molecule has 0 saturated carbocycles. The molecule has 0 aliphatic carbocycles. The Hall–Kier alpha value is -0.550. The van der Waals surface area contributed by atoms with Crippen LogP contribution in [0.4, 0.5) is 0 Å². The lowest BCUT2D eigenvalue weighted by molar-refractivity contribution is 0.422. The summed E-state index contributed by atoms with van der Waals surface area (Å²) in [6.07, 6.45) is 1.76. The van der Waals surface area contributed by atoms with E-state index in [1.54, 1.807) is 18.0 Å². The number of hydrogen-bond donors (Lipinski definition) is 1. The number of rotatable bonds is 4. The van der Waals surface area contributed by atoms with Crippen molar-refractivity contribution in [3.8, 4) is 0 Å². The van der Waals surface area contributed by atoms with Crippen LogP contribution in [0.15, 0.2) is 50.9 Å². The van der Waals surface area contributed by atoms with Gasteiger partial charge in [0.15, 0.2) is 0 Å². The molecule has 1 aromatic carbocycles. The Labute approximate surface area is 143 Å². The number of aromatic nitrogens is 1. The van der Waals surface area contributed by atoms with Gasteiger partial charge in [-0.05, 0) is 50.6 Å². The highest BCUT2D eigenvalue weighted by molar-refractivity contribution is 9.10. The molecule has 0 fully saturated rings. The van der Waals surface area contributed by atoms with E-state index in [2.05, 4.69) is 65.2 Å². The molecular weight excluding hydrogens is 368 g/mol. The van der Waals surface area contributed by atoms with E-state index >= 15 is 0 Å². The third kappa shape index (κ3) is 5.29. The van der Waals surface area contributed by atoms with E-state index in [0.29, 0.717) is 5.02 Å². The highest BCUT2D eigenvalue weighted by Gasteiger charge is 2.12. The summed E-state index contributed by atoms with van der Waals surface area (Å²) in [6.45, 7) is 7.29. The molecular formula is C16H18BrClN2S. The Morgan fingerprint density at radius 2 is 2.05 bits per heavy atom. The molecule has 0 aliphatic rings. The highest BCUT2D eigenvalue weighted by Crippen LogP contribution is 2.35. The topological polar surface area (TPSA) is 24.9 Å². The van der Waals surface area contributed by atoms with Crippen LogP contribution in [0, 0.1) is 0 Å². The van der Waals surface area contributed by atoms with Crippen LogP contribution in [0.5, 0.6) is 0 Å². The summed E-state index contributed by atoms with van der Waals surface area (Å²) >= 11 is 11.3. The van der Waals surface area contributed by atoms with E-state index in [-0.39, 0.29) is 5.54 Å². The minimum atomic E-state index is 0.0810. The Kier molecular flexibility index (Phi) is 5.72. The van der Waals surface area contributed by atoms with E-state index < -0.39 is 0 Å². The second-order valence-corrected chi connectivity index (χ2v) is 8.10.